The Balaban J connectivity index is 1.79. The summed E-state index contributed by atoms with van der Waals surface area (Å²) < 4.78 is 36.0. The predicted octanol–water partition coefficient (Wildman–Crippen LogP) is -0.0277. The predicted molar refractivity (Wildman–Crippen MR) is 78.2 cm³/mol. The minimum Gasteiger partial charge on any atom is -0.463 e. The maximum atomic E-state index is 12.0. The Morgan fingerprint density at radius 3 is 2.87 bits per heavy atom. The fourth-order valence-electron chi connectivity index (χ4n) is 2.30. The zero-order chi connectivity index (χ0) is 16.6. The standard InChI is InChI=1S/C14H14N2O6S/c1-8(13(17)22-10-6-7-21-14(10)18)15-12-9-4-2-3-5-11(9)23(19,20)16-12/h2-5,8,10H,6-7H2,1H3,(H,15,16)/t8-,10-/m0/s1. The fraction of sp³-hybridized carbons (Fsp3) is 0.357. The molecule has 1 aromatic carbocycles. The van der Waals surface area contributed by atoms with Crippen molar-refractivity contribution >= 4 is 27.8 Å². The summed E-state index contributed by atoms with van der Waals surface area (Å²) in [5, 5.41) is 0. The lowest BCUT2D eigenvalue weighted by Gasteiger charge is -2.11. The van der Waals surface area contributed by atoms with Gasteiger partial charge in [-0.25, -0.2) is 18.0 Å². The molecule has 1 N–H and O–H groups in total. The van der Waals surface area contributed by atoms with Crippen molar-refractivity contribution in [3.63, 3.8) is 0 Å². The van der Waals surface area contributed by atoms with Gasteiger partial charge in [0.1, 0.15) is 11.9 Å². The molecule has 0 radical (unpaired) electrons. The summed E-state index contributed by atoms with van der Waals surface area (Å²) in [6.45, 7) is 1.68. The number of ether oxygens (including phenoxy) is 2. The maximum absolute atomic E-state index is 12.0. The first-order valence-corrected chi connectivity index (χ1v) is 8.44. The second-order valence-corrected chi connectivity index (χ2v) is 6.79. The SMILES string of the molecule is C[C@H](N=C1NS(=O)(=O)c2ccccc21)C(=O)O[C@H]1CCOC1=O. The number of aliphatic imine (C=N–C) groups is 1. The molecule has 8 nitrogen and oxygen atoms in total. The van der Waals surface area contributed by atoms with E-state index in [-0.39, 0.29) is 17.3 Å². The van der Waals surface area contributed by atoms with E-state index >= 15 is 0 Å². The number of cyclic esters (lactones) is 1. The summed E-state index contributed by atoms with van der Waals surface area (Å²) in [6, 6.07) is 5.36. The van der Waals surface area contributed by atoms with E-state index in [1.165, 1.54) is 13.0 Å². The van der Waals surface area contributed by atoms with E-state index in [2.05, 4.69) is 9.71 Å². The lowest BCUT2D eigenvalue weighted by molar-refractivity contribution is -0.160. The van der Waals surface area contributed by atoms with Crippen molar-refractivity contribution in [3.8, 4) is 0 Å². The molecule has 3 rings (SSSR count). The molecule has 0 bridgehead atoms. The van der Waals surface area contributed by atoms with E-state index in [0.29, 0.717) is 12.0 Å². The number of hydrogen-bond acceptors (Lipinski definition) is 7. The molecular formula is C14H14N2O6S. The molecule has 2 heterocycles. The van der Waals surface area contributed by atoms with Crippen LogP contribution in [0.4, 0.5) is 0 Å². The molecule has 1 fully saturated rings. The topological polar surface area (TPSA) is 111 Å². The lowest BCUT2D eigenvalue weighted by atomic mass is 10.2. The fourth-order valence-corrected chi connectivity index (χ4v) is 3.54. The quantitative estimate of drug-likeness (QED) is 0.775. The Labute approximate surface area is 132 Å². The zero-order valence-electron chi connectivity index (χ0n) is 12.2. The molecule has 2 aliphatic heterocycles. The molecule has 2 atom stereocenters. The van der Waals surface area contributed by atoms with Crippen LogP contribution < -0.4 is 4.72 Å². The Hall–Kier alpha value is -2.42. The first kappa shape index (κ1) is 15.5. The van der Waals surface area contributed by atoms with Gasteiger partial charge in [0.2, 0.25) is 6.10 Å². The molecule has 0 amide bonds. The largest absolute Gasteiger partial charge is 0.463 e. The van der Waals surface area contributed by atoms with E-state index in [0.717, 1.165) is 0 Å². The van der Waals surface area contributed by atoms with Crippen LogP contribution in [0, 0.1) is 0 Å². The first-order chi connectivity index (χ1) is 10.9. The normalized spacial score (nSPS) is 24.7. The van der Waals surface area contributed by atoms with E-state index in [1.807, 2.05) is 0 Å². The summed E-state index contributed by atoms with van der Waals surface area (Å²) >= 11 is 0. The summed E-state index contributed by atoms with van der Waals surface area (Å²) in [4.78, 5) is 27.5. The Morgan fingerprint density at radius 2 is 2.17 bits per heavy atom. The molecule has 0 aromatic heterocycles. The van der Waals surface area contributed by atoms with Gasteiger partial charge in [0.15, 0.2) is 0 Å². The van der Waals surface area contributed by atoms with Crippen LogP contribution in [0.2, 0.25) is 0 Å². The number of fused-ring (bicyclic) bond motifs is 1. The molecule has 2 aliphatic rings. The van der Waals surface area contributed by atoms with Gasteiger partial charge in [-0.2, -0.15) is 0 Å². The number of hydrogen-bond donors (Lipinski definition) is 1. The van der Waals surface area contributed by atoms with Gasteiger partial charge in [0.25, 0.3) is 10.0 Å². The van der Waals surface area contributed by atoms with E-state index < -0.39 is 34.1 Å². The van der Waals surface area contributed by atoms with Gasteiger partial charge in [-0.15, -0.1) is 0 Å². The van der Waals surface area contributed by atoms with Crippen LogP contribution in [0.3, 0.4) is 0 Å². The zero-order valence-corrected chi connectivity index (χ0v) is 13.0. The molecule has 0 spiro atoms. The number of sulfonamides is 1. The van der Waals surface area contributed by atoms with Crippen molar-refractivity contribution in [2.24, 2.45) is 4.99 Å². The minimum atomic E-state index is -3.66. The van der Waals surface area contributed by atoms with Gasteiger partial charge >= 0.3 is 11.9 Å². The van der Waals surface area contributed by atoms with Gasteiger partial charge in [0.05, 0.1) is 11.5 Å². The van der Waals surface area contributed by atoms with Crippen LogP contribution in [-0.4, -0.2) is 44.9 Å². The van der Waals surface area contributed by atoms with Gasteiger partial charge in [-0.05, 0) is 19.1 Å². The van der Waals surface area contributed by atoms with Crippen molar-refractivity contribution in [3.05, 3.63) is 29.8 Å². The summed E-state index contributed by atoms with van der Waals surface area (Å²) in [5.74, 6) is -1.21. The van der Waals surface area contributed by atoms with Crippen molar-refractivity contribution < 1.29 is 27.5 Å². The van der Waals surface area contributed by atoms with Crippen molar-refractivity contribution in [1.29, 1.82) is 0 Å². The Morgan fingerprint density at radius 1 is 1.43 bits per heavy atom. The summed E-state index contributed by atoms with van der Waals surface area (Å²) in [7, 11) is -3.66. The third-order valence-corrected chi connectivity index (χ3v) is 4.87. The number of benzene rings is 1. The lowest BCUT2D eigenvalue weighted by Crippen LogP contribution is -2.30. The monoisotopic (exact) mass is 338 g/mol. The van der Waals surface area contributed by atoms with E-state index in [1.54, 1.807) is 18.2 Å². The van der Waals surface area contributed by atoms with Gasteiger partial charge < -0.3 is 9.47 Å². The Kier molecular flexibility index (Phi) is 3.80. The van der Waals surface area contributed by atoms with Gasteiger partial charge in [0, 0.05) is 12.0 Å². The third-order valence-electron chi connectivity index (χ3n) is 3.47. The van der Waals surface area contributed by atoms with Crippen molar-refractivity contribution in [2.75, 3.05) is 6.61 Å². The van der Waals surface area contributed by atoms with Gasteiger partial charge in [-0.1, -0.05) is 12.1 Å². The molecule has 0 unspecified atom stereocenters. The van der Waals surface area contributed by atoms with Crippen LogP contribution >= 0.6 is 0 Å². The smallest absolute Gasteiger partial charge is 0.347 e. The van der Waals surface area contributed by atoms with Crippen molar-refractivity contribution in [2.45, 2.75) is 30.4 Å². The molecule has 23 heavy (non-hydrogen) atoms. The van der Waals surface area contributed by atoms with E-state index in [9.17, 15) is 18.0 Å². The molecule has 9 heteroatoms. The van der Waals surface area contributed by atoms with Gasteiger partial charge in [-0.3, -0.25) is 9.71 Å². The maximum Gasteiger partial charge on any atom is 0.347 e. The number of rotatable bonds is 3. The van der Waals surface area contributed by atoms with Crippen LogP contribution in [0.5, 0.6) is 0 Å². The first-order valence-electron chi connectivity index (χ1n) is 6.95. The van der Waals surface area contributed by atoms with Crippen LogP contribution in [0.15, 0.2) is 34.2 Å². The average molecular weight is 338 g/mol. The summed E-state index contributed by atoms with van der Waals surface area (Å²) in [6.07, 6.45) is -0.610. The number of nitrogens with zero attached hydrogens (tertiary/aromatic N) is 1. The minimum absolute atomic E-state index is 0.0825. The number of amidine groups is 1. The second kappa shape index (κ2) is 5.65. The highest BCUT2D eigenvalue weighted by atomic mass is 32.2. The number of carbonyl (C=O) groups excluding carboxylic acids is 2. The highest BCUT2D eigenvalue weighted by Crippen LogP contribution is 2.22. The molecular weight excluding hydrogens is 324 g/mol. The Bertz CT molecular complexity index is 801. The van der Waals surface area contributed by atoms with Crippen LogP contribution in [0.1, 0.15) is 18.9 Å². The molecule has 1 saturated heterocycles. The second-order valence-electron chi connectivity index (χ2n) is 5.14. The van der Waals surface area contributed by atoms with Crippen LogP contribution in [0.25, 0.3) is 0 Å². The molecule has 1 aromatic rings. The van der Waals surface area contributed by atoms with Crippen molar-refractivity contribution in [1.82, 2.24) is 4.72 Å². The number of esters is 2. The summed E-state index contributed by atoms with van der Waals surface area (Å²) in [5.41, 5.74) is 0.396. The molecule has 0 aliphatic carbocycles. The number of carbonyl (C=O) groups is 2. The highest BCUT2D eigenvalue weighted by Gasteiger charge is 2.34. The third kappa shape index (κ3) is 2.91. The molecule has 0 saturated carbocycles. The van der Waals surface area contributed by atoms with Crippen LogP contribution in [-0.2, 0) is 29.1 Å². The van der Waals surface area contributed by atoms with E-state index in [4.69, 9.17) is 9.47 Å². The number of nitrogens with one attached hydrogen (secondary N) is 1. The highest BCUT2D eigenvalue weighted by molar-refractivity contribution is 7.90. The molecule has 122 valence electrons. The average Bonchev–Trinajstić information content (AvgIpc) is 3.01.